The second-order valence-electron chi connectivity index (χ2n) is 5.18. The number of rotatable bonds is 3. The topological polar surface area (TPSA) is 59.6 Å². The first-order valence-electron chi connectivity index (χ1n) is 7.30. The summed E-state index contributed by atoms with van der Waals surface area (Å²) in [7, 11) is 1.55. The second-order valence-corrected chi connectivity index (χ2v) is 5.58. The Labute approximate surface area is 139 Å². The van der Waals surface area contributed by atoms with Crippen LogP contribution in [0.1, 0.15) is 18.0 Å². The molecule has 0 saturated carbocycles. The van der Waals surface area contributed by atoms with Gasteiger partial charge in [-0.15, -0.1) is 0 Å². The van der Waals surface area contributed by atoms with Gasteiger partial charge in [0, 0.05) is 17.7 Å². The number of anilines is 1. The van der Waals surface area contributed by atoms with Crippen molar-refractivity contribution < 1.29 is 14.3 Å². The highest BCUT2D eigenvalue weighted by Gasteiger charge is 2.22. The van der Waals surface area contributed by atoms with Gasteiger partial charge in [-0.3, -0.25) is 0 Å². The molecular formula is C17H17ClN2O3. The number of hydrogen-bond acceptors (Lipinski definition) is 3. The summed E-state index contributed by atoms with van der Waals surface area (Å²) in [5.41, 5.74) is 1.59. The SMILES string of the molecule is COc1ccc(NC(=O)NC2CCOc3ccccc32)cc1Cl. The zero-order valence-electron chi connectivity index (χ0n) is 12.6. The van der Waals surface area contributed by atoms with Gasteiger partial charge in [-0.2, -0.15) is 0 Å². The number of carbonyl (C=O) groups excluding carboxylic acids is 1. The van der Waals surface area contributed by atoms with E-state index >= 15 is 0 Å². The molecule has 0 spiro atoms. The minimum absolute atomic E-state index is 0.0753. The standard InChI is InChI=1S/C17H17ClN2O3/c1-22-16-7-6-11(10-13(16)18)19-17(21)20-14-8-9-23-15-5-3-2-4-12(14)15/h2-7,10,14H,8-9H2,1H3,(H2,19,20,21). The van der Waals surface area contributed by atoms with Crippen molar-refractivity contribution in [1.82, 2.24) is 5.32 Å². The van der Waals surface area contributed by atoms with Gasteiger partial charge in [-0.25, -0.2) is 4.79 Å². The third kappa shape index (κ3) is 3.51. The maximum absolute atomic E-state index is 12.2. The highest BCUT2D eigenvalue weighted by molar-refractivity contribution is 6.32. The molecule has 2 aromatic carbocycles. The van der Waals surface area contributed by atoms with Gasteiger partial charge < -0.3 is 20.1 Å². The van der Waals surface area contributed by atoms with Crippen molar-refractivity contribution in [3.8, 4) is 11.5 Å². The van der Waals surface area contributed by atoms with Crippen molar-refractivity contribution >= 4 is 23.3 Å². The van der Waals surface area contributed by atoms with Gasteiger partial charge in [0.25, 0.3) is 0 Å². The van der Waals surface area contributed by atoms with E-state index in [9.17, 15) is 4.79 Å². The number of halogens is 1. The molecule has 23 heavy (non-hydrogen) atoms. The van der Waals surface area contributed by atoms with Crippen LogP contribution >= 0.6 is 11.6 Å². The fourth-order valence-electron chi connectivity index (χ4n) is 2.56. The molecule has 1 aliphatic heterocycles. The average Bonchev–Trinajstić information content (AvgIpc) is 2.55. The first kappa shape index (κ1) is 15.5. The van der Waals surface area contributed by atoms with Gasteiger partial charge in [-0.1, -0.05) is 29.8 Å². The number of ether oxygens (including phenoxy) is 2. The molecule has 5 nitrogen and oxygen atoms in total. The fraction of sp³-hybridized carbons (Fsp3) is 0.235. The molecule has 0 saturated heterocycles. The lowest BCUT2D eigenvalue weighted by Crippen LogP contribution is -2.35. The van der Waals surface area contributed by atoms with Crippen LogP contribution in [0.3, 0.4) is 0 Å². The number of para-hydroxylation sites is 1. The van der Waals surface area contributed by atoms with Crippen molar-refractivity contribution in [2.24, 2.45) is 0 Å². The van der Waals surface area contributed by atoms with Crippen molar-refractivity contribution in [3.05, 3.63) is 53.1 Å². The van der Waals surface area contributed by atoms with Crippen LogP contribution in [0.5, 0.6) is 11.5 Å². The summed E-state index contributed by atoms with van der Waals surface area (Å²) in [5, 5.41) is 6.19. The normalized spacial score (nSPS) is 16.0. The molecular weight excluding hydrogens is 316 g/mol. The van der Waals surface area contributed by atoms with Crippen LogP contribution in [0.25, 0.3) is 0 Å². The third-order valence-corrected chi connectivity index (χ3v) is 3.97. The third-order valence-electron chi connectivity index (χ3n) is 3.67. The smallest absolute Gasteiger partial charge is 0.319 e. The van der Waals surface area contributed by atoms with Crippen LogP contribution in [0.4, 0.5) is 10.5 Å². The molecule has 0 radical (unpaired) electrons. The molecule has 1 atom stereocenters. The number of methoxy groups -OCH3 is 1. The first-order chi connectivity index (χ1) is 11.2. The van der Waals surface area contributed by atoms with Crippen molar-refractivity contribution in [2.75, 3.05) is 19.0 Å². The van der Waals surface area contributed by atoms with Gasteiger partial charge in [0.15, 0.2) is 0 Å². The van der Waals surface area contributed by atoms with E-state index in [2.05, 4.69) is 10.6 Å². The van der Waals surface area contributed by atoms with Crippen LogP contribution < -0.4 is 20.1 Å². The summed E-state index contributed by atoms with van der Waals surface area (Å²) in [6.45, 7) is 0.580. The molecule has 0 aromatic heterocycles. The van der Waals surface area contributed by atoms with Crippen LogP contribution in [0.2, 0.25) is 5.02 Å². The Bertz CT molecular complexity index is 721. The largest absolute Gasteiger partial charge is 0.495 e. The Hall–Kier alpha value is -2.40. The van der Waals surface area contributed by atoms with Gasteiger partial charge in [-0.05, 0) is 24.3 Å². The molecule has 2 aromatic rings. The first-order valence-corrected chi connectivity index (χ1v) is 7.68. The Morgan fingerprint density at radius 1 is 1.30 bits per heavy atom. The predicted octanol–water partition coefficient (Wildman–Crippen LogP) is 3.99. The Morgan fingerprint density at radius 3 is 2.91 bits per heavy atom. The van der Waals surface area contributed by atoms with Gasteiger partial charge in [0.2, 0.25) is 0 Å². The molecule has 0 fully saturated rings. The molecule has 3 rings (SSSR count). The predicted molar refractivity (Wildman–Crippen MR) is 89.5 cm³/mol. The molecule has 0 bridgehead atoms. The maximum atomic E-state index is 12.2. The van der Waals surface area contributed by atoms with Gasteiger partial charge in [0.05, 0.1) is 24.8 Å². The minimum atomic E-state index is -0.284. The van der Waals surface area contributed by atoms with E-state index in [1.165, 1.54) is 0 Å². The summed E-state index contributed by atoms with van der Waals surface area (Å²) in [5.74, 6) is 1.38. The van der Waals surface area contributed by atoms with Crippen LogP contribution in [-0.2, 0) is 0 Å². The number of nitrogens with one attached hydrogen (secondary N) is 2. The maximum Gasteiger partial charge on any atom is 0.319 e. The zero-order valence-corrected chi connectivity index (χ0v) is 13.4. The van der Waals surface area contributed by atoms with E-state index in [4.69, 9.17) is 21.1 Å². The van der Waals surface area contributed by atoms with Crippen LogP contribution in [0, 0.1) is 0 Å². The number of carbonyl (C=O) groups is 1. The molecule has 120 valence electrons. The van der Waals surface area contributed by atoms with Gasteiger partial charge in [0.1, 0.15) is 11.5 Å². The van der Waals surface area contributed by atoms with Crippen LogP contribution in [0.15, 0.2) is 42.5 Å². The molecule has 0 aliphatic carbocycles. The Balaban J connectivity index is 1.67. The lowest BCUT2D eigenvalue weighted by molar-refractivity contribution is 0.232. The lowest BCUT2D eigenvalue weighted by atomic mass is 10.0. The number of benzene rings is 2. The Morgan fingerprint density at radius 2 is 2.13 bits per heavy atom. The second kappa shape index (κ2) is 6.79. The summed E-state index contributed by atoms with van der Waals surface area (Å²) < 4.78 is 10.7. The monoisotopic (exact) mass is 332 g/mol. The molecule has 2 N–H and O–H groups in total. The van der Waals surface area contributed by atoms with Crippen molar-refractivity contribution in [2.45, 2.75) is 12.5 Å². The van der Waals surface area contributed by atoms with E-state index in [-0.39, 0.29) is 12.1 Å². The number of urea groups is 1. The van der Waals surface area contributed by atoms with E-state index in [0.717, 1.165) is 17.7 Å². The summed E-state index contributed by atoms with van der Waals surface area (Å²) in [6.07, 6.45) is 0.730. The number of hydrogen-bond donors (Lipinski definition) is 2. The van der Waals surface area contributed by atoms with E-state index in [1.807, 2.05) is 24.3 Å². The summed E-state index contributed by atoms with van der Waals surface area (Å²) >= 11 is 6.06. The minimum Gasteiger partial charge on any atom is -0.495 e. The molecule has 1 heterocycles. The average molecular weight is 333 g/mol. The van der Waals surface area contributed by atoms with Crippen LogP contribution in [-0.4, -0.2) is 19.7 Å². The molecule has 1 unspecified atom stereocenters. The van der Waals surface area contributed by atoms with E-state index < -0.39 is 0 Å². The van der Waals surface area contributed by atoms with E-state index in [0.29, 0.717) is 23.1 Å². The lowest BCUT2D eigenvalue weighted by Gasteiger charge is -2.26. The quantitative estimate of drug-likeness (QED) is 0.893. The fourth-order valence-corrected chi connectivity index (χ4v) is 2.82. The van der Waals surface area contributed by atoms with Crippen molar-refractivity contribution in [1.29, 1.82) is 0 Å². The highest BCUT2D eigenvalue weighted by Crippen LogP contribution is 2.32. The number of fused-ring (bicyclic) bond motifs is 1. The summed E-state index contributed by atoms with van der Waals surface area (Å²) in [6, 6.07) is 12.5. The zero-order chi connectivity index (χ0) is 16.2. The van der Waals surface area contributed by atoms with E-state index in [1.54, 1.807) is 25.3 Å². The highest BCUT2D eigenvalue weighted by atomic mass is 35.5. The summed E-state index contributed by atoms with van der Waals surface area (Å²) in [4.78, 5) is 12.2. The number of amides is 2. The van der Waals surface area contributed by atoms with Crippen molar-refractivity contribution in [3.63, 3.8) is 0 Å². The van der Waals surface area contributed by atoms with Gasteiger partial charge >= 0.3 is 6.03 Å². The molecule has 6 heteroatoms. The molecule has 1 aliphatic rings. The molecule has 2 amide bonds. The Kier molecular flexibility index (Phi) is 4.57.